The van der Waals surface area contributed by atoms with Gasteiger partial charge in [0.25, 0.3) is 5.78 Å². The zero-order chi connectivity index (χ0) is 16.1. The number of piperazine rings is 1. The summed E-state index contributed by atoms with van der Waals surface area (Å²) in [6.07, 6.45) is 5.29. The Bertz CT molecular complexity index is 1040. The molecule has 9 heteroatoms. The minimum atomic E-state index is 0.604. The maximum Gasteiger partial charge on any atom is 0.254 e. The summed E-state index contributed by atoms with van der Waals surface area (Å²) in [5, 5.41) is 14.1. The highest BCUT2D eigenvalue weighted by Gasteiger charge is 2.20. The molecule has 0 unspecified atom stereocenters. The van der Waals surface area contributed by atoms with Crippen LogP contribution in [0.2, 0.25) is 0 Å². The van der Waals surface area contributed by atoms with Crippen molar-refractivity contribution in [2.24, 2.45) is 0 Å². The lowest BCUT2D eigenvalue weighted by Gasteiger charge is -2.29. The van der Waals surface area contributed by atoms with Gasteiger partial charge < -0.3 is 10.2 Å². The molecule has 0 bridgehead atoms. The molecule has 0 aliphatic carbocycles. The van der Waals surface area contributed by atoms with E-state index in [-0.39, 0.29) is 0 Å². The van der Waals surface area contributed by atoms with Gasteiger partial charge in [0.2, 0.25) is 0 Å². The van der Waals surface area contributed by atoms with Crippen molar-refractivity contribution in [2.75, 3.05) is 31.1 Å². The predicted octanol–water partition coefficient (Wildman–Crippen LogP) is 0.452. The first kappa shape index (κ1) is 13.6. The third-order valence-corrected chi connectivity index (χ3v) is 4.54. The molecule has 1 aliphatic rings. The average Bonchev–Trinajstić information content (AvgIpc) is 3.27. The van der Waals surface area contributed by atoms with E-state index in [4.69, 9.17) is 4.98 Å². The Labute approximate surface area is 137 Å². The van der Waals surface area contributed by atoms with Gasteiger partial charge in [0.05, 0.1) is 22.5 Å². The molecule has 0 aromatic carbocycles. The van der Waals surface area contributed by atoms with Crippen LogP contribution in [-0.4, -0.2) is 60.5 Å². The number of rotatable bonds is 2. The second-order valence-electron chi connectivity index (χ2n) is 5.86. The fourth-order valence-electron chi connectivity index (χ4n) is 3.38. The molecule has 5 heterocycles. The standard InChI is InChI=1S/C15H17N9/c1-2-23-13-11(8-19-23)12-10(7-17-13)14(22-5-3-16-4-6-22)21-15-18-9-20-24(12)15/h7-9,16H,2-6H2,1H3. The SMILES string of the molecule is CCn1ncc2c1ncc1c(N3CCNCC3)nc3ncnn3c12. The topological polar surface area (TPSA) is 89.1 Å². The second-order valence-corrected chi connectivity index (χ2v) is 5.86. The van der Waals surface area contributed by atoms with Crippen molar-refractivity contribution in [3.8, 4) is 0 Å². The smallest absolute Gasteiger partial charge is 0.254 e. The quantitative estimate of drug-likeness (QED) is 0.573. The van der Waals surface area contributed by atoms with Crippen molar-refractivity contribution in [3.05, 3.63) is 18.7 Å². The molecule has 0 saturated carbocycles. The van der Waals surface area contributed by atoms with Gasteiger partial charge in [0, 0.05) is 38.9 Å². The van der Waals surface area contributed by atoms with Crippen molar-refractivity contribution in [1.29, 1.82) is 0 Å². The summed E-state index contributed by atoms with van der Waals surface area (Å²) >= 11 is 0. The number of nitrogens with zero attached hydrogens (tertiary/aromatic N) is 8. The third kappa shape index (κ3) is 1.81. The van der Waals surface area contributed by atoms with Gasteiger partial charge in [0.1, 0.15) is 12.1 Å². The van der Waals surface area contributed by atoms with Crippen LogP contribution in [0.5, 0.6) is 0 Å². The lowest BCUT2D eigenvalue weighted by atomic mass is 10.2. The molecule has 4 aromatic rings. The van der Waals surface area contributed by atoms with Crippen molar-refractivity contribution >= 4 is 33.5 Å². The number of nitrogens with one attached hydrogen (secondary N) is 1. The first-order chi connectivity index (χ1) is 11.9. The van der Waals surface area contributed by atoms with Crippen LogP contribution in [0.25, 0.3) is 27.7 Å². The maximum atomic E-state index is 4.74. The molecule has 0 spiro atoms. The second kappa shape index (κ2) is 5.10. The first-order valence-corrected chi connectivity index (χ1v) is 8.16. The summed E-state index contributed by atoms with van der Waals surface area (Å²) in [6, 6.07) is 0. The maximum absolute atomic E-state index is 4.74. The van der Waals surface area contributed by atoms with Crippen molar-refractivity contribution < 1.29 is 0 Å². The highest BCUT2D eigenvalue weighted by atomic mass is 15.4. The average molecular weight is 323 g/mol. The Morgan fingerprint density at radius 1 is 1.08 bits per heavy atom. The largest absolute Gasteiger partial charge is 0.353 e. The summed E-state index contributed by atoms with van der Waals surface area (Å²) in [5.74, 6) is 1.53. The molecule has 5 rings (SSSR count). The summed E-state index contributed by atoms with van der Waals surface area (Å²) < 4.78 is 3.68. The van der Waals surface area contributed by atoms with E-state index in [2.05, 4.69) is 37.3 Å². The summed E-state index contributed by atoms with van der Waals surface area (Å²) in [6.45, 7) is 6.56. The van der Waals surface area contributed by atoms with Crippen LogP contribution in [0.1, 0.15) is 6.92 Å². The minimum Gasteiger partial charge on any atom is -0.353 e. The molecular weight excluding hydrogens is 306 g/mol. The molecule has 9 nitrogen and oxygen atoms in total. The molecule has 1 saturated heterocycles. The minimum absolute atomic E-state index is 0.604. The van der Waals surface area contributed by atoms with Crippen LogP contribution in [0, 0.1) is 0 Å². The van der Waals surface area contributed by atoms with Crippen LogP contribution in [0.15, 0.2) is 18.7 Å². The van der Waals surface area contributed by atoms with E-state index in [0.29, 0.717) is 5.78 Å². The Hall–Kier alpha value is -2.81. The van der Waals surface area contributed by atoms with E-state index < -0.39 is 0 Å². The Morgan fingerprint density at radius 2 is 1.96 bits per heavy atom. The molecule has 24 heavy (non-hydrogen) atoms. The summed E-state index contributed by atoms with van der Waals surface area (Å²) in [5.41, 5.74) is 1.83. The zero-order valence-corrected chi connectivity index (χ0v) is 13.3. The monoisotopic (exact) mass is 323 g/mol. The number of hydrogen-bond donors (Lipinski definition) is 1. The van der Waals surface area contributed by atoms with Gasteiger partial charge in [-0.25, -0.2) is 9.67 Å². The number of aryl methyl sites for hydroxylation is 1. The van der Waals surface area contributed by atoms with E-state index in [1.807, 2.05) is 17.1 Å². The zero-order valence-electron chi connectivity index (χ0n) is 13.3. The van der Waals surface area contributed by atoms with Crippen molar-refractivity contribution in [1.82, 2.24) is 39.7 Å². The molecule has 1 aliphatic heterocycles. The molecule has 1 fully saturated rings. The molecule has 4 aromatic heterocycles. The van der Waals surface area contributed by atoms with E-state index >= 15 is 0 Å². The highest BCUT2D eigenvalue weighted by molar-refractivity contribution is 6.06. The van der Waals surface area contributed by atoms with Crippen LogP contribution in [-0.2, 0) is 6.54 Å². The Kier molecular flexibility index (Phi) is 2.89. The van der Waals surface area contributed by atoms with E-state index in [9.17, 15) is 0 Å². The molecule has 0 atom stereocenters. The number of fused-ring (bicyclic) bond motifs is 5. The molecule has 0 radical (unpaired) electrons. The van der Waals surface area contributed by atoms with Gasteiger partial charge in [-0.15, -0.1) is 0 Å². The van der Waals surface area contributed by atoms with E-state index in [1.54, 1.807) is 10.8 Å². The van der Waals surface area contributed by atoms with E-state index in [1.165, 1.54) is 0 Å². The van der Waals surface area contributed by atoms with Crippen molar-refractivity contribution in [2.45, 2.75) is 13.5 Å². The number of anilines is 1. The van der Waals surface area contributed by atoms with Crippen LogP contribution in [0.4, 0.5) is 5.82 Å². The van der Waals surface area contributed by atoms with Crippen molar-refractivity contribution in [3.63, 3.8) is 0 Å². The van der Waals surface area contributed by atoms with Gasteiger partial charge in [-0.1, -0.05) is 0 Å². The molecule has 122 valence electrons. The van der Waals surface area contributed by atoms with Crippen LogP contribution >= 0.6 is 0 Å². The van der Waals surface area contributed by atoms with Crippen LogP contribution < -0.4 is 10.2 Å². The lowest BCUT2D eigenvalue weighted by Crippen LogP contribution is -2.44. The van der Waals surface area contributed by atoms with E-state index in [0.717, 1.165) is 60.5 Å². The van der Waals surface area contributed by atoms with Crippen LogP contribution in [0.3, 0.4) is 0 Å². The Morgan fingerprint density at radius 3 is 2.79 bits per heavy atom. The fraction of sp³-hybridized carbons (Fsp3) is 0.400. The predicted molar refractivity (Wildman–Crippen MR) is 90.1 cm³/mol. The van der Waals surface area contributed by atoms with Gasteiger partial charge in [-0.05, 0) is 6.92 Å². The van der Waals surface area contributed by atoms with Gasteiger partial charge >= 0.3 is 0 Å². The van der Waals surface area contributed by atoms with Gasteiger partial charge in [0.15, 0.2) is 5.65 Å². The molecule has 1 N–H and O–H groups in total. The number of hydrogen-bond acceptors (Lipinski definition) is 7. The molecule has 0 amide bonds. The number of pyridine rings is 1. The summed E-state index contributed by atoms with van der Waals surface area (Å²) in [4.78, 5) is 16.0. The lowest BCUT2D eigenvalue weighted by molar-refractivity contribution is 0.586. The highest BCUT2D eigenvalue weighted by Crippen LogP contribution is 2.30. The number of aromatic nitrogens is 7. The first-order valence-electron chi connectivity index (χ1n) is 8.16. The Balaban J connectivity index is 1.89. The molecular formula is C15H17N9. The fourth-order valence-corrected chi connectivity index (χ4v) is 3.38. The third-order valence-electron chi connectivity index (χ3n) is 4.54. The normalized spacial score (nSPS) is 15.8. The summed E-state index contributed by atoms with van der Waals surface area (Å²) in [7, 11) is 0. The van der Waals surface area contributed by atoms with Gasteiger partial charge in [-0.2, -0.15) is 24.7 Å². The van der Waals surface area contributed by atoms with Gasteiger partial charge in [-0.3, -0.25) is 0 Å².